The zero-order chi connectivity index (χ0) is 27.8. The highest BCUT2D eigenvalue weighted by Gasteiger charge is 2.18. The summed E-state index contributed by atoms with van der Waals surface area (Å²) in [7, 11) is 1.80. The van der Waals surface area contributed by atoms with E-state index in [0.29, 0.717) is 47.6 Å². The summed E-state index contributed by atoms with van der Waals surface area (Å²) in [5.74, 6) is 0.245. The summed E-state index contributed by atoms with van der Waals surface area (Å²) in [5, 5.41) is 16.4. The number of carbonyl (C=O) groups excluding carboxylic acids is 2. The van der Waals surface area contributed by atoms with E-state index in [2.05, 4.69) is 36.5 Å². The Labute approximate surface area is 241 Å². The van der Waals surface area contributed by atoms with Crippen molar-refractivity contribution in [2.75, 3.05) is 38.7 Å². The van der Waals surface area contributed by atoms with Crippen LogP contribution >= 0.6 is 27.5 Å². The summed E-state index contributed by atoms with van der Waals surface area (Å²) < 4.78 is 6.32. The van der Waals surface area contributed by atoms with Crippen LogP contribution in [0.4, 0.5) is 5.95 Å². The third kappa shape index (κ3) is 8.06. The van der Waals surface area contributed by atoms with Crippen LogP contribution in [0.3, 0.4) is 0 Å². The zero-order valence-electron chi connectivity index (χ0n) is 21.6. The lowest BCUT2D eigenvalue weighted by atomic mass is 10.0. The first kappa shape index (κ1) is 29.1. The van der Waals surface area contributed by atoms with E-state index in [1.165, 1.54) is 0 Å². The van der Waals surface area contributed by atoms with Gasteiger partial charge in [0.25, 0.3) is 0 Å². The van der Waals surface area contributed by atoms with Crippen molar-refractivity contribution in [3.05, 3.63) is 74.8 Å². The number of halogens is 2. The molecule has 3 N–H and O–H groups in total. The number of aliphatic hydroxyl groups is 1. The first-order valence-electron chi connectivity index (χ1n) is 12.7. The average Bonchev–Trinajstić information content (AvgIpc) is 2.94. The summed E-state index contributed by atoms with van der Waals surface area (Å²) in [6.45, 7) is 1.65. The predicted molar refractivity (Wildman–Crippen MR) is 154 cm³/mol. The van der Waals surface area contributed by atoms with Crippen molar-refractivity contribution >= 4 is 45.7 Å². The van der Waals surface area contributed by atoms with Gasteiger partial charge in [0.2, 0.25) is 11.9 Å². The quantitative estimate of drug-likeness (QED) is 0.274. The summed E-state index contributed by atoms with van der Waals surface area (Å²) in [5.41, 5.74) is 3.29. The predicted octanol–water partition coefficient (Wildman–Crippen LogP) is 4.24. The molecule has 1 aliphatic rings. The molecular weight excluding hydrogens is 586 g/mol. The SMILES string of the molecule is CN(CC(=O)NC(CO)c1ccc(Br)cc1)Cc1ccc(-c2nc(NC3CCOCC3)ncc2Cl)cc1C=O. The minimum absolute atomic E-state index is 0.0893. The molecule has 4 rings (SSSR count). The largest absolute Gasteiger partial charge is 0.394 e. The summed E-state index contributed by atoms with van der Waals surface area (Å²) >= 11 is 9.81. The molecule has 2 heterocycles. The monoisotopic (exact) mass is 615 g/mol. The molecule has 1 aliphatic heterocycles. The summed E-state index contributed by atoms with van der Waals surface area (Å²) in [6.07, 6.45) is 4.10. The van der Waals surface area contributed by atoms with Gasteiger partial charge < -0.3 is 20.5 Å². The van der Waals surface area contributed by atoms with Crippen LogP contribution in [0.2, 0.25) is 5.02 Å². The van der Waals surface area contributed by atoms with Crippen LogP contribution in [-0.2, 0) is 16.1 Å². The number of benzene rings is 2. The van der Waals surface area contributed by atoms with Crippen molar-refractivity contribution < 1.29 is 19.4 Å². The average molecular weight is 617 g/mol. The molecule has 11 heteroatoms. The molecule has 39 heavy (non-hydrogen) atoms. The van der Waals surface area contributed by atoms with Gasteiger partial charge in [0.15, 0.2) is 0 Å². The smallest absolute Gasteiger partial charge is 0.234 e. The molecule has 0 aliphatic carbocycles. The molecule has 206 valence electrons. The van der Waals surface area contributed by atoms with E-state index in [1.54, 1.807) is 24.2 Å². The number of aldehydes is 1. The third-order valence-electron chi connectivity index (χ3n) is 6.49. The fraction of sp³-hybridized carbons (Fsp3) is 0.357. The molecule has 9 nitrogen and oxygen atoms in total. The highest BCUT2D eigenvalue weighted by atomic mass is 79.9. The van der Waals surface area contributed by atoms with E-state index in [-0.39, 0.29) is 25.1 Å². The van der Waals surface area contributed by atoms with Crippen LogP contribution in [0.5, 0.6) is 0 Å². The molecule has 1 fully saturated rings. The molecule has 0 bridgehead atoms. The van der Waals surface area contributed by atoms with E-state index >= 15 is 0 Å². The molecule has 1 saturated heterocycles. The van der Waals surface area contributed by atoms with Gasteiger partial charge in [0, 0.05) is 41.4 Å². The van der Waals surface area contributed by atoms with E-state index < -0.39 is 6.04 Å². The normalized spacial score (nSPS) is 14.7. The maximum absolute atomic E-state index is 12.7. The minimum Gasteiger partial charge on any atom is -0.394 e. The lowest BCUT2D eigenvalue weighted by Gasteiger charge is -2.23. The first-order valence-corrected chi connectivity index (χ1v) is 13.8. The number of amides is 1. The van der Waals surface area contributed by atoms with E-state index in [0.717, 1.165) is 34.7 Å². The number of rotatable bonds is 11. The van der Waals surface area contributed by atoms with Crippen LogP contribution in [0.1, 0.15) is 40.4 Å². The molecule has 3 aromatic rings. The van der Waals surface area contributed by atoms with Crippen molar-refractivity contribution in [2.45, 2.75) is 31.5 Å². The van der Waals surface area contributed by atoms with Gasteiger partial charge in [-0.2, -0.15) is 0 Å². The Bertz CT molecular complexity index is 1290. The number of aliphatic hydroxyl groups excluding tert-OH is 1. The maximum Gasteiger partial charge on any atom is 0.234 e. The fourth-order valence-corrected chi connectivity index (χ4v) is 4.89. The van der Waals surface area contributed by atoms with Gasteiger partial charge in [-0.15, -0.1) is 0 Å². The number of hydrogen-bond acceptors (Lipinski definition) is 8. The van der Waals surface area contributed by atoms with Crippen molar-refractivity contribution in [1.82, 2.24) is 20.2 Å². The number of anilines is 1. The van der Waals surface area contributed by atoms with Crippen LogP contribution in [0, 0.1) is 0 Å². The number of aromatic nitrogens is 2. The standard InChI is InChI=1S/C28H31BrClN5O4/c1-35(15-26(38)33-25(17-37)18-4-6-22(29)7-5-18)14-20-3-2-19(12-21(20)16-36)27-24(30)13-31-28(34-27)32-23-8-10-39-11-9-23/h2-7,12-13,16,23,25,37H,8-11,14-15,17H2,1H3,(H,33,38)(H,31,32,34). The van der Waals surface area contributed by atoms with Gasteiger partial charge in [-0.25, -0.2) is 9.97 Å². The Morgan fingerprint density at radius 3 is 2.69 bits per heavy atom. The Kier molecular flexibility index (Phi) is 10.4. The minimum atomic E-state index is -0.507. The Balaban J connectivity index is 1.41. The summed E-state index contributed by atoms with van der Waals surface area (Å²) in [4.78, 5) is 35.4. The molecule has 1 amide bonds. The van der Waals surface area contributed by atoms with Crippen molar-refractivity contribution in [2.24, 2.45) is 0 Å². The topological polar surface area (TPSA) is 117 Å². The number of nitrogens with zero attached hydrogens (tertiary/aromatic N) is 3. The van der Waals surface area contributed by atoms with Crippen LogP contribution in [0.15, 0.2) is 53.1 Å². The van der Waals surface area contributed by atoms with Gasteiger partial charge in [-0.1, -0.05) is 51.8 Å². The second-order valence-corrected chi connectivity index (χ2v) is 10.8. The van der Waals surface area contributed by atoms with E-state index in [9.17, 15) is 14.7 Å². The van der Waals surface area contributed by atoms with Gasteiger partial charge in [0.1, 0.15) is 6.29 Å². The lowest BCUT2D eigenvalue weighted by molar-refractivity contribution is -0.123. The number of ether oxygens (including phenoxy) is 1. The number of likely N-dealkylation sites (N-methyl/N-ethyl adjacent to an activating group) is 1. The highest BCUT2D eigenvalue weighted by Crippen LogP contribution is 2.28. The van der Waals surface area contributed by atoms with E-state index in [4.69, 9.17) is 16.3 Å². The molecule has 0 saturated carbocycles. The Morgan fingerprint density at radius 2 is 2.00 bits per heavy atom. The fourth-order valence-electron chi connectivity index (χ4n) is 4.42. The maximum atomic E-state index is 12.7. The molecule has 1 aromatic heterocycles. The van der Waals surface area contributed by atoms with Crippen LogP contribution < -0.4 is 10.6 Å². The van der Waals surface area contributed by atoms with Crippen LogP contribution in [-0.4, -0.2) is 71.6 Å². The number of hydrogen-bond donors (Lipinski definition) is 3. The van der Waals surface area contributed by atoms with Gasteiger partial charge in [-0.3, -0.25) is 14.5 Å². The van der Waals surface area contributed by atoms with Crippen molar-refractivity contribution in [3.8, 4) is 11.3 Å². The van der Waals surface area contributed by atoms with Crippen molar-refractivity contribution in [1.29, 1.82) is 0 Å². The zero-order valence-corrected chi connectivity index (χ0v) is 23.9. The second-order valence-electron chi connectivity index (χ2n) is 9.48. The van der Waals surface area contributed by atoms with Gasteiger partial charge in [0.05, 0.1) is 36.1 Å². The van der Waals surface area contributed by atoms with Gasteiger partial charge in [-0.05, 0) is 49.2 Å². The molecular formula is C28H31BrClN5O4. The third-order valence-corrected chi connectivity index (χ3v) is 7.29. The van der Waals surface area contributed by atoms with Crippen molar-refractivity contribution in [3.63, 3.8) is 0 Å². The molecule has 1 atom stereocenters. The molecule has 0 spiro atoms. The summed E-state index contributed by atoms with van der Waals surface area (Å²) in [6, 6.07) is 12.6. The first-order chi connectivity index (χ1) is 18.9. The lowest BCUT2D eigenvalue weighted by Crippen LogP contribution is -2.38. The Hall–Kier alpha value is -2.89. The number of carbonyl (C=O) groups is 2. The highest BCUT2D eigenvalue weighted by molar-refractivity contribution is 9.10. The molecule has 2 aromatic carbocycles. The molecule has 1 unspecified atom stereocenters. The number of nitrogens with one attached hydrogen (secondary N) is 2. The second kappa shape index (κ2) is 14.0. The van der Waals surface area contributed by atoms with Crippen LogP contribution in [0.25, 0.3) is 11.3 Å². The molecule has 0 radical (unpaired) electrons. The van der Waals surface area contributed by atoms with Gasteiger partial charge >= 0.3 is 0 Å². The van der Waals surface area contributed by atoms with E-state index in [1.807, 2.05) is 36.4 Å². The Morgan fingerprint density at radius 1 is 1.26 bits per heavy atom.